The highest BCUT2D eigenvalue weighted by Gasteiger charge is 2.09. The van der Waals surface area contributed by atoms with Crippen molar-refractivity contribution in [2.75, 3.05) is 11.5 Å². The minimum Gasteiger partial charge on any atom is -0.507 e. The van der Waals surface area contributed by atoms with Crippen LogP contribution in [0.4, 0.5) is 0 Å². The fourth-order valence-corrected chi connectivity index (χ4v) is 4.82. The standard InChI is InChI=1S/C28H48O3S/c1-4-5-6-7-8-9-10-11-12-13-14-15-16-17-18-19-20-32-23-27(29)31-26-21-24(2)28(30)25(3)22-26/h21-22,30H,4-20,23H2,1-3H3. The van der Waals surface area contributed by atoms with Crippen LogP contribution in [0.2, 0.25) is 0 Å². The molecular formula is C28H48O3S. The Bertz CT molecular complexity index is 592. The van der Waals surface area contributed by atoms with Crippen molar-refractivity contribution in [1.82, 2.24) is 0 Å². The van der Waals surface area contributed by atoms with Crippen molar-refractivity contribution in [2.45, 2.75) is 124 Å². The first-order valence-electron chi connectivity index (χ1n) is 13.1. The molecule has 1 aromatic rings. The summed E-state index contributed by atoms with van der Waals surface area (Å²) in [5, 5.41) is 9.79. The summed E-state index contributed by atoms with van der Waals surface area (Å²) in [6.07, 6.45) is 22.1. The highest BCUT2D eigenvalue weighted by atomic mass is 32.2. The van der Waals surface area contributed by atoms with E-state index < -0.39 is 0 Å². The number of thioether (sulfide) groups is 1. The summed E-state index contributed by atoms with van der Waals surface area (Å²) in [6.45, 7) is 5.90. The smallest absolute Gasteiger partial charge is 0.321 e. The second kappa shape index (κ2) is 19.3. The number of ether oxygens (including phenoxy) is 1. The lowest BCUT2D eigenvalue weighted by atomic mass is 10.0. The number of hydrogen-bond acceptors (Lipinski definition) is 4. The fourth-order valence-electron chi connectivity index (χ4n) is 4.04. The second-order valence-electron chi connectivity index (χ2n) is 9.24. The minimum atomic E-state index is -0.212. The van der Waals surface area contributed by atoms with Crippen molar-refractivity contribution < 1.29 is 14.6 Å². The van der Waals surface area contributed by atoms with Crippen LogP contribution < -0.4 is 4.74 Å². The van der Waals surface area contributed by atoms with E-state index in [2.05, 4.69) is 6.92 Å². The van der Waals surface area contributed by atoms with Crippen LogP contribution in [0, 0.1) is 13.8 Å². The lowest BCUT2D eigenvalue weighted by molar-refractivity contribution is -0.131. The van der Waals surface area contributed by atoms with Crippen molar-refractivity contribution in [3.05, 3.63) is 23.3 Å². The predicted molar refractivity (Wildman–Crippen MR) is 140 cm³/mol. The highest BCUT2D eigenvalue weighted by molar-refractivity contribution is 7.99. The number of rotatable bonds is 20. The van der Waals surface area contributed by atoms with E-state index in [0.717, 1.165) is 16.9 Å². The summed E-state index contributed by atoms with van der Waals surface area (Å²) in [5.74, 6) is 1.98. The molecule has 0 amide bonds. The molecule has 0 saturated carbocycles. The van der Waals surface area contributed by atoms with Crippen LogP contribution in [0.25, 0.3) is 0 Å². The van der Waals surface area contributed by atoms with E-state index in [0.29, 0.717) is 11.5 Å². The average Bonchev–Trinajstić information content (AvgIpc) is 2.76. The number of hydrogen-bond donors (Lipinski definition) is 1. The first-order chi connectivity index (χ1) is 15.5. The number of benzene rings is 1. The van der Waals surface area contributed by atoms with Crippen LogP contribution in [0.1, 0.15) is 121 Å². The summed E-state index contributed by atoms with van der Waals surface area (Å²) < 4.78 is 5.39. The van der Waals surface area contributed by atoms with E-state index >= 15 is 0 Å². The Morgan fingerprint density at radius 1 is 0.750 bits per heavy atom. The van der Waals surface area contributed by atoms with Gasteiger partial charge in [-0.3, -0.25) is 4.79 Å². The number of carbonyl (C=O) groups is 1. The van der Waals surface area contributed by atoms with Crippen molar-refractivity contribution in [3.63, 3.8) is 0 Å². The molecule has 32 heavy (non-hydrogen) atoms. The van der Waals surface area contributed by atoms with Gasteiger partial charge in [0, 0.05) is 0 Å². The van der Waals surface area contributed by atoms with E-state index in [-0.39, 0.29) is 11.7 Å². The van der Waals surface area contributed by atoms with Crippen LogP contribution in [0.5, 0.6) is 11.5 Å². The molecule has 3 nitrogen and oxygen atoms in total. The van der Waals surface area contributed by atoms with Gasteiger partial charge in [-0.2, -0.15) is 11.8 Å². The van der Waals surface area contributed by atoms with Crippen LogP contribution >= 0.6 is 11.8 Å². The number of aryl methyl sites for hydroxylation is 2. The van der Waals surface area contributed by atoms with E-state index in [4.69, 9.17) is 4.74 Å². The van der Waals surface area contributed by atoms with Crippen LogP contribution in [-0.2, 0) is 4.79 Å². The van der Waals surface area contributed by atoms with Crippen molar-refractivity contribution in [3.8, 4) is 11.5 Å². The van der Waals surface area contributed by atoms with Gasteiger partial charge in [-0.05, 0) is 49.3 Å². The Kier molecular flexibility index (Phi) is 17.4. The van der Waals surface area contributed by atoms with Gasteiger partial charge in [0.1, 0.15) is 11.5 Å². The highest BCUT2D eigenvalue weighted by Crippen LogP contribution is 2.27. The zero-order valence-corrected chi connectivity index (χ0v) is 21.9. The lowest BCUT2D eigenvalue weighted by Gasteiger charge is -2.08. The zero-order chi connectivity index (χ0) is 23.4. The molecule has 4 heteroatoms. The molecular weight excluding hydrogens is 416 g/mol. The molecule has 0 bridgehead atoms. The molecule has 0 unspecified atom stereocenters. The van der Waals surface area contributed by atoms with Gasteiger partial charge >= 0.3 is 5.97 Å². The van der Waals surface area contributed by atoms with Gasteiger partial charge in [0.25, 0.3) is 0 Å². The number of phenols is 1. The van der Waals surface area contributed by atoms with E-state index in [9.17, 15) is 9.90 Å². The average molecular weight is 465 g/mol. The van der Waals surface area contributed by atoms with Gasteiger partial charge in [-0.15, -0.1) is 0 Å². The molecule has 1 N–H and O–H groups in total. The van der Waals surface area contributed by atoms with Gasteiger partial charge < -0.3 is 9.84 Å². The summed E-state index contributed by atoms with van der Waals surface area (Å²) in [7, 11) is 0. The Labute approximate surface area is 202 Å². The number of unbranched alkanes of at least 4 members (excludes halogenated alkanes) is 15. The maximum absolute atomic E-state index is 12.0. The Morgan fingerprint density at radius 3 is 1.59 bits per heavy atom. The van der Waals surface area contributed by atoms with Crippen LogP contribution in [0.3, 0.4) is 0 Å². The quantitative estimate of drug-likeness (QED) is 0.119. The van der Waals surface area contributed by atoms with E-state index in [1.54, 1.807) is 23.9 Å². The normalized spacial score (nSPS) is 11.1. The molecule has 184 valence electrons. The van der Waals surface area contributed by atoms with Crippen molar-refractivity contribution in [2.24, 2.45) is 0 Å². The molecule has 0 aromatic heterocycles. The largest absolute Gasteiger partial charge is 0.507 e. The number of esters is 1. The van der Waals surface area contributed by atoms with Crippen LogP contribution in [0.15, 0.2) is 12.1 Å². The lowest BCUT2D eigenvalue weighted by Crippen LogP contribution is -2.11. The summed E-state index contributed by atoms with van der Waals surface area (Å²) in [5.41, 5.74) is 1.46. The SMILES string of the molecule is CCCCCCCCCCCCCCCCCCSCC(=O)Oc1cc(C)c(O)c(C)c1. The monoisotopic (exact) mass is 464 g/mol. The van der Waals surface area contributed by atoms with E-state index in [1.807, 2.05) is 13.8 Å². The third-order valence-corrected chi connectivity index (χ3v) is 7.08. The van der Waals surface area contributed by atoms with Crippen LogP contribution in [-0.4, -0.2) is 22.6 Å². The fraction of sp³-hybridized carbons (Fsp3) is 0.750. The summed E-state index contributed by atoms with van der Waals surface area (Å²) in [6, 6.07) is 3.42. The molecule has 0 heterocycles. The third-order valence-electron chi connectivity index (χ3n) is 6.06. The summed E-state index contributed by atoms with van der Waals surface area (Å²) >= 11 is 1.65. The van der Waals surface area contributed by atoms with Gasteiger partial charge in [-0.25, -0.2) is 0 Å². The van der Waals surface area contributed by atoms with Gasteiger partial charge in [0.2, 0.25) is 0 Å². The Balaban J connectivity index is 1.85. The second-order valence-corrected chi connectivity index (χ2v) is 10.3. The molecule has 0 aliphatic rings. The molecule has 0 spiro atoms. The minimum absolute atomic E-state index is 0.212. The van der Waals surface area contributed by atoms with E-state index in [1.165, 1.54) is 103 Å². The zero-order valence-electron chi connectivity index (χ0n) is 21.1. The third kappa shape index (κ3) is 14.8. The Morgan fingerprint density at radius 2 is 1.16 bits per heavy atom. The molecule has 1 aromatic carbocycles. The van der Waals surface area contributed by atoms with Crippen molar-refractivity contribution in [1.29, 1.82) is 0 Å². The van der Waals surface area contributed by atoms with Gasteiger partial charge in [0.15, 0.2) is 0 Å². The maximum Gasteiger partial charge on any atom is 0.321 e. The first kappa shape index (κ1) is 28.9. The van der Waals surface area contributed by atoms with Crippen molar-refractivity contribution >= 4 is 17.7 Å². The number of carbonyl (C=O) groups excluding carboxylic acids is 1. The molecule has 0 saturated heterocycles. The van der Waals surface area contributed by atoms with Gasteiger partial charge in [-0.1, -0.05) is 103 Å². The molecule has 1 rings (SSSR count). The molecule has 0 atom stereocenters. The molecule has 0 aliphatic carbocycles. The van der Waals surface area contributed by atoms with Gasteiger partial charge in [0.05, 0.1) is 5.75 Å². The molecule has 0 aliphatic heterocycles. The molecule has 0 fully saturated rings. The summed E-state index contributed by atoms with van der Waals surface area (Å²) in [4.78, 5) is 12.0. The predicted octanol–water partition coefficient (Wildman–Crippen LogP) is 8.91. The first-order valence-corrected chi connectivity index (χ1v) is 14.3. The number of phenolic OH excluding ortho intramolecular Hbond substituents is 1. The molecule has 0 radical (unpaired) electrons. The number of aromatic hydroxyl groups is 1. The Hall–Kier alpha value is -1.16. The maximum atomic E-state index is 12.0. The topological polar surface area (TPSA) is 46.5 Å².